The lowest BCUT2D eigenvalue weighted by molar-refractivity contribution is -0.135. The highest BCUT2D eigenvalue weighted by molar-refractivity contribution is 7.10. The quantitative estimate of drug-likeness (QED) is 0.362. The summed E-state index contributed by atoms with van der Waals surface area (Å²) in [6.45, 7) is 7.41. The minimum atomic E-state index is -0.468. The molecule has 0 radical (unpaired) electrons. The van der Waals surface area contributed by atoms with Gasteiger partial charge in [-0.2, -0.15) is 0 Å². The second-order valence-electron chi connectivity index (χ2n) is 9.49. The van der Waals surface area contributed by atoms with Crippen molar-refractivity contribution in [3.63, 3.8) is 0 Å². The SMILES string of the molecule is CC[C@H](C)CN(CC(=O)N1CCc2sccc2[C@H]1COc1ccc(C)cc1)C(=O)c1cccc(F)c1. The second-order valence-corrected chi connectivity index (χ2v) is 10.5. The number of carbonyl (C=O) groups excluding carboxylic acids is 2. The number of halogens is 1. The molecule has 2 atom stereocenters. The van der Waals surface area contributed by atoms with Gasteiger partial charge in [0, 0.05) is 23.5 Å². The fourth-order valence-corrected chi connectivity index (χ4v) is 5.40. The van der Waals surface area contributed by atoms with Crippen molar-refractivity contribution in [2.45, 2.75) is 39.7 Å². The molecule has 5 nitrogen and oxygen atoms in total. The molecule has 0 spiro atoms. The van der Waals surface area contributed by atoms with Crippen LogP contribution in [0.15, 0.2) is 60.0 Å². The van der Waals surface area contributed by atoms with E-state index in [-0.39, 0.29) is 35.9 Å². The highest BCUT2D eigenvalue weighted by atomic mass is 32.1. The molecule has 2 amide bonds. The minimum Gasteiger partial charge on any atom is -0.491 e. The van der Waals surface area contributed by atoms with Crippen LogP contribution >= 0.6 is 11.3 Å². The number of fused-ring (bicyclic) bond motifs is 1. The second kappa shape index (κ2) is 11.7. The van der Waals surface area contributed by atoms with Crippen molar-refractivity contribution in [1.29, 1.82) is 0 Å². The molecule has 1 aliphatic rings. The van der Waals surface area contributed by atoms with Crippen molar-refractivity contribution in [1.82, 2.24) is 9.80 Å². The van der Waals surface area contributed by atoms with E-state index < -0.39 is 5.82 Å². The molecule has 7 heteroatoms. The standard InChI is InChI=1S/C29H33FN2O3S/c1-4-20(2)17-31(29(34)22-6-5-7-23(30)16-22)18-28(33)32-14-12-27-25(13-15-36-27)26(32)19-35-24-10-8-21(3)9-11-24/h5-11,13,15-16,20,26H,4,12,14,17-19H2,1-3H3/t20-,26+/m0/s1. The van der Waals surface area contributed by atoms with Gasteiger partial charge in [0.05, 0.1) is 6.04 Å². The Balaban J connectivity index is 1.54. The Bertz CT molecular complexity index is 1190. The van der Waals surface area contributed by atoms with E-state index >= 15 is 0 Å². The van der Waals surface area contributed by atoms with Gasteiger partial charge in [-0.05, 0) is 66.6 Å². The predicted molar refractivity (Wildman–Crippen MR) is 141 cm³/mol. The summed E-state index contributed by atoms with van der Waals surface area (Å²) >= 11 is 1.70. The van der Waals surface area contributed by atoms with Gasteiger partial charge in [0.2, 0.25) is 5.91 Å². The first-order valence-corrected chi connectivity index (χ1v) is 13.3. The molecule has 1 aromatic heterocycles. The molecule has 0 aliphatic carbocycles. The average molecular weight is 509 g/mol. The summed E-state index contributed by atoms with van der Waals surface area (Å²) in [6.07, 6.45) is 1.65. The van der Waals surface area contributed by atoms with E-state index in [0.717, 1.165) is 29.7 Å². The lowest BCUT2D eigenvalue weighted by Gasteiger charge is -2.37. The lowest BCUT2D eigenvalue weighted by Crippen LogP contribution is -2.48. The number of rotatable bonds is 9. The van der Waals surface area contributed by atoms with Crippen molar-refractivity contribution < 1.29 is 18.7 Å². The molecule has 2 aromatic carbocycles. The third-order valence-corrected chi connectivity index (χ3v) is 7.75. The highest BCUT2D eigenvalue weighted by Gasteiger charge is 2.34. The first kappa shape index (κ1) is 25.9. The number of benzene rings is 2. The first-order valence-electron chi connectivity index (χ1n) is 12.5. The number of hydrogen-bond acceptors (Lipinski definition) is 4. The Hall–Kier alpha value is -3.19. The Morgan fingerprint density at radius 1 is 1.19 bits per heavy atom. The zero-order valence-electron chi connectivity index (χ0n) is 21.1. The van der Waals surface area contributed by atoms with Crippen LogP contribution in [0, 0.1) is 18.7 Å². The Kier molecular flexibility index (Phi) is 8.41. The van der Waals surface area contributed by atoms with Gasteiger partial charge in [-0.1, -0.05) is 44.0 Å². The van der Waals surface area contributed by atoms with E-state index in [2.05, 4.69) is 18.4 Å². The third-order valence-electron chi connectivity index (χ3n) is 6.76. The van der Waals surface area contributed by atoms with Crippen LogP contribution in [0.25, 0.3) is 0 Å². The summed E-state index contributed by atoms with van der Waals surface area (Å²) in [7, 11) is 0. The van der Waals surface area contributed by atoms with Crippen molar-refractivity contribution in [3.05, 3.63) is 87.4 Å². The third kappa shape index (κ3) is 6.13. The van der Waals surface area contributed by atoms with Crippen molar-refractivity contribution in [3.8, 4) is 5.75 Å². The molecule has 36 heavy (non-hydrogen) atoms. The Morgan fingerprint density at radius 3 is 2.69 bits per heavy atom. The van der Waals surface area contributed by atoms with Crippen molar-refractivity contribution in [2.75, 3.05) is 26.2 Å². The van der Waals surface area contributed by atoms with Crippen LogP contribution in [0.4, 0.5) is 4.39 Å². The normalized spacial score (nSPS) is 15.8. The maximum Gasteiger partial charge on any atom is 0.254 e. The molecule has 1 aliphatic heterocycles. The first-order chi connectivity index (χ1) is 17.4. The number of nitrogens with zero attached hydrogens (tertiary/aromatic N) is 2. The summed E-state index contributed by atoms with van der Waals surface area (Å²) < 4.78 is 19.9. The monoisotopic (exact) mass is 508 g/mol. The maximum absolute atomic E-state index is 13.8. The summed E-state index contributed by atoms with van der Waals surface area (Å²) in [5.41, 5.74) is 2.52. The predicted octanol–water partition coefficient (Wildman–Crippen LogP) is 5.89. The van der Waals surface area contributed by atoms with Gasteiger partial charge in [0.15, 0.2) is 0 Å². The summed E-state index contributed by atoms with van der Waals surface area (Å²) in [4.78, 5) is 31.7. The molecule has 0 saturated carbocycles. The molecule has 190 valence electrons. The zero-order chi connectivity index (χ0) is 25.7. The Labute approximate surface area is 216 Å². The van der Waals surface area contributed by atoms with E-state index in [1.54, 1.807) is 22.3 Å². The number of hydrogen-bond donors (Lipinski definition) is 0. The maximum atomic E-state index is 13.8. The summed E-state index contributed by atoms with van der Waals surface area (Å²) in [5, 5.41) is 2.06. The highest BCUT2D eigenvalue weighted by Crippen LogP contribution is 2.34. The van der Waals surface area contributed by atoms with Gasteiger partial charge >= 0.3 is 0 Å². The van der Waals surface area contributed by atoms with Crippen LogP contribution < -0.4 is 4.74 Å². The van der Waals surface area contributed by atoms with E-state index in [1.165, 1.54) is 23.1 Å². The molecule has 2 heterocycles. The van der Waals surface area contributed by atoms with Crippen LogP contribution in [0.2, 0.25) is 0 Å². The van der Waals surface area contributed by atoms with Crippen LogP contribution in [-0.2, 0) is 11.2 Å². The van der Waals surface area contributed by atoms with Crippen LogP contribution in [0.3, 0.4) is 0 Å². The van der Waals surface area contributed by atoms with Crippen molar-refractivity contribution in [2.24, 2.45) is 5.92 Å². The molecule has 0 unspecified atom stereocenters. The fourth-order valence-electron chi connectivity index (χ4n) is 4.47. The van der Waals surface area contributed by atoms with Crippen LogP contribution in [-0.4, -0.2) is 47.9 Å². The number of ether oxygens (including phenoxy) is 1. The van der Waals surface area contributed by atoms with E-state index in [1.807, 2.05) is 43.0 Å². The zero-order valence-corrected chi connectivity index (χ0v) is 21.9. The number of amides is 2. The van der Waals surface area contributed by atoms with Gasteiger partial charge < -0.3 is 14.5 Å². The minimum absolute atomic E-state index is 0.0554. The molecular formula is C29H33FN2O3S. The van der Waals surface area contributed by atoms with Gasteiger partial charge in [0.1, 0.15) is 24.7 Å². The summed E-state index contributed by atoms with van der Waals surface area (Å²) in [6, 6.07) is 15.4. The number of aryl methyl sites for hydroxylation is 1. The van der Waals surface area contributed by atoms with Gasteiger partial charge in [-0.15, -0.1) is 11.3 Å². The van der Waals surface area contributed by atoms with Crippen LogP contribution in [0.1, 0.15) is 52.7 Å². The average Bonchev–Trinajstić information content (AvgIpc) is 3.36. The lowest BCUT2D eigenvalue weighted by atomic mass is 10.00. The van der Waals surface area contributed by atoms with Gasteiger partial charge in [-0.25, -0.2) is 4.39 Å². The number of thiophene rings is 1. The molecule has 0 saturated heterocycles. The molecule has 0 N–H and O–H groups in total. The molecule has 4 rings (SSSR count). The largest absolute Gasteiger partial charge is 0.491 e. The summed E-state index contributed by atoms with van der Waals surface area (Å²) in [5.74, 6) is 0.0436. The number of carbonyl (C=O) groups is 2. The molecule has 0 fully saturated rings. The topological polar surface area (TPSA) is 49.9 Å². The fraction of sp³-hybridized carbons (Fsp3) is 0.379. The van der Waals surface area contributed by atoms with E-state index in [9.17, 15) is 14.0 Å². The van der Waals surface area contributed by atoms with E-state index in [4.69, 9.17) is 4.74 Å². The van der Waals surface area contributed by atoms with E-state index in [0.29, 0.717) is 19.7 Å². The molecular weight excluding hydrogens is 475 g/mol. The smallest absolute Gasteiger partial charge is 0.254 e. The van der Waals surface area contributed by atoms with Crippen molar-refractivity contribution >= 4 is 23.2 Å². The molecule has 3 aromatic rings. The Morgan fingerprint density at radius 2 is 1.97 bits per heavy atom. The molecule has 0 bridgehead atoms. The van der Waals surface area contributed by atoms with Gasteiger partial charge in [-0.3, -0.25) is 9.59 Å². The van der Waals surface area contributed by atoms with Gasteiger partial charge in [0.25, 0.3) is 5.91 Å². The van der Waals surface area contributed by atoms with Crippen LogP contribution in [0.5, 0.6) is 5.75 Å².